The van der Waals surface area contributed by atoms with Crippen molar-refractivity contribution in [2.45, 2.75) is 6.42 Å². The summed E-state index contributed by atoms with van der Waals surface area (Å²) in [6.07, 6.45) is 2.48. The lowest BCUT2D eigenvalue weighted by molar-refractivity contribution is 0.0658. The molecule has 1 aromatic carbocycles. The van der Waals surface area contributed by atoms with Gasteiger partial charge in [-0.25, -0.2) is 9.37 Å². The highest BCUT2D eigenvalue weighted by molar-refractivity contribution is 5.92. The number of halogens is 1. The first kappa shape index (κ1) is 17.4. The highest BCUT2D eigenvalue weighted by atomic mass is 19.1. The molecule has 1 aromatic heterocycles. The van der Waals surface area contributed by atoms with Crippen LogP contribution in [0.2, 0.25) is 0 Å². The molecule has 2 heterocycles. The van der Waals surface area contributed by atoms with Crippen LogP contribution < -0.4 is 5.32 Å². The predicted molar refractivity (Wildman–Crippen MR) is 96.2 cm³/mol. The number of amides is 1. The minimum atomic E-state index is -0.221. The van der Waals surface area contributed by atoms with Crippen LogP contribution in [0.3, 0.4) is 0 Å². The number of nitrogens with zero attached hydrogens (tertiary/aromatic N) is 3. The molecule has 1 aliphatic rings. The zero-order chi connectivity index (χ0) is 17.6. The summed E-state index contributed by atoms with van der Waals surface area (Å²) >= 11 is 0. The van der Waals surface area contributed by atoms with Crippen LogP contribution in [0, 0.1) is 5.82 Å². The molecule has 0 aliphatic carbocycles. The van der Waals surface area contributed by atoms with E-state index in [0.29, 0.717) is 5.69 Å². The second kappa shape index (κ2) is 8.07. The predicted octanol–water partition coefficient (Wildman–Crippen LogP) is 2.26. The van der Waals surface area contributed by atoms with Gasteiger partial charge in [0.05, 0.1) is 11.9 Å². The van der Waals surface area contributed by atoms with Crippen LogP contribution in [0.5, 0.6) is 0 Å². The first-order valence-corrected chi connectivity index (χ1v) is 8.54. The molecule has 1 amide bonds. The van der Waals surface area contributed by atoms with Gasteiger partial charge in [-0.05, 0) is 43.3 Å². The number of hydrogen-bond acceptors (Lipinski definition) is 4. The first-order valence-electron chi connectivity index (χ1n) is 8.54. The summed E-state index contributed by atoms with van der Waals surface area (Å²) in [4.78, 5) is 20.8. The average Bonchev–Trinajstić information content (AvgIpc) is 2.64. The smallest absolute Gasteiger partial charge is 0.272 e. The Hall–Kier alpha value is -2.47. The number of pyridine rings is 1. The van der Waals surface area contributed by atoms with E-state index in [1.165, 1.54) is 12.1 Å². The van der Waals surface area contributed by atoms with Crippen molar-refractivity contribution in [2.75, 3.05) is 45.1 Å². The summed E-state index contributed by atoms with van der Waals surface area (Å²) in [6, 6.07) is 10.1. The van der Waals surface area contributed by atoms with Crippen LogP contribution in [0.15, 0.2) is 42.6 Å². The van der Waals surface area contributed by atoms with Crippen LogP contribution in [0.1, 0.15) is 16.1 Å². The van der Waals surface area contributed by atoms with Gasteiger partial charge in [-0.3, -0.25) is 4.79 Å². The molecule has 0 spiro atoms. The molecular weight excluding hydrogens is 319 g/mol. The monoisotopic (exact) mass is 342 g/mol. The number of likely N-dealkylation sites (N-methyl/N-ethyl adjacent to an activating group) is 1. The molecule has 1 fully saturated rings. The van der Waals surface area contributed by atoms with Crippen LogP contribution in [-0.2, 0) is 6.42 Å². The standard InChI is InChI=1S/C19H23FN4O/c1-23-10-12-24(13-11-23)19(25)18-7-6-17(14-22-18)21-9-8-15-2-4-16(20)5-3-15/h2-7,14,21H,8-13H2,1H3. The Morgan fingerprint density at radius 2 is 1.84 bits per heavy atom. The zero-order valence-corrected chi connectivity index (χ0v) is 14.4. The van der Waals surface area contributed by atoms with Crippen molar-refractivity contribution in [1.82, 2.24) is 14.8 Å². The van der Waals surface area contributed by atoms with Crippen LogP contribution >= 0.6 is 0 Å². The lowest BCUT2D eigenvalue weighted by Gasteiger charge is -2.32. The molecule has 6 heteroatoms. The minimum absolute atomic E-state index is 0.00837. The fraction of sp³-hybridized carbons (Fsp3) is 0.368. The van der Waals surface area contributed by atoms with Crippen LogP contribution in [-0.4, -0.2) is 60.5 Å². The number of benzene rings is 1. The van der Waals surface area contributed by atoms with Crippen molar-refractivity contribution in [3.63, 3.8) is 0 Å². The van der Waals surface area contributed by atoms with E-state index in [1.54, 1.807) is 24.4 Å². The molecule has 0 unspecified atom stereocenters. The summed E-state index contributed by atoms with van der Waals surface area (Å²) < 4.78 is 12.9. The number of hydrogen-bond donors (Lipinski definition) is 1. The van der Waals surface area contributed by atoms with E-state index in [0.717, 1.165) is 50.4 Å². The molecule has 1 aliphatic heterocycles. The maximum Gasteiger partial charge on any atom is 0.272 e. The number of piperazine rings is 1. The highest BCUT2D eigenvalue weighted by Gasteiger charge is 2.21. The Morgan fingerprint density at radius 3 is 2.48 bits per heavy atom. The van der Waals surface area contributed by atoms with Crippen molar-refractivity contribution in [1.29, 1.82) is 0 Å². The number of nitrogens with one attached hydrogen (secondary N) is 1. The topological polar surface area (TPSA) is 48.5 Å². The zero-order valence-electron chi connectivity index (χ0n) is 14.4. The second-order valence-electron chi connectivity index (χ2n) is 6.33. The fourth-order valence-corrected chi connectivity index (χ4v) is 2.80. The molecule has 0 radical (unpaired) electrons. The number of anilines is 1. The van der Waals surface area contributed by atoms with Crippen molar-refractivity contribution < 1.29 is 9.18 Å². The summed E-state index contributed by atoms with van der Waals surface area (Å²) in [6.45, 7) is 4.01. The van der Waals surface area contributed by atoms with Crippen molar-refractivity contribution in [2.24, 2.45) is 0 Å². The quantitative estimate of drug-likeness (QED) is 0.906. The van der Waals surface area contributed by atoms with Gasteiger partial charge in [0.1, 0.15) is 11.5 Å². The Labute approximate surface area is 147 Å². The first-order chi connectivity index (χ1) is 12.1. The van der Waals surface area contributed by atoms with Gasteiger partial charge in [-0.1, -0.05) is 12.1 Å². The summed E-state index contributed by atoms with van der Waals surface area (Å²) in [7, 11) is 2.06. The molecular formula is C19H23FN4O. The van der Waals surface area contributed by atoms with Crippen molar-refractivity contribution in [3.05, 3.63) is 59.7 Å². The summed E-state index contributed by atoms with van der Waals surface area (Å²) in [5.74, 6) is -0.229. The number of carbonyl (C=O) groups is 1. The average molecular weight is 342 g/mol. The third-order valence-electron chi connectivity index (χ3n) is 4.43. The van der Waals surface area contributed by atoms with E-state index in [1.807, 2.05) is 11.0 Å². The molecule has 0 saturated carbocycles. The lowest BCUT2D eigenvalue weighted by Crippen LogP contribution is -2.47. The molecule has 0 atom stereocenters. The van der Waals surface area contributed by atoms with Gasteiger partial charge in [-0.15, -0.1) is 0 Å². The molecule has 0 bridgehead atoms. The maximum absolute atomic E-state index is 12.9. The van der Waals surface area contributed by atoms with E-state index in [4.69, 9.17) is 0 Å². The van der Waals surface area contributed by atoms with Gasteiger partial charge in [-0.2, -0.15) is 0 Å². The van der Waals surface area contributed by atoms with Gasteiger partial charge in [0.15, 0.2) is 0 Å². The van der Waals surface area contributed by atoms with Gasteiger partial charge < -0.3 is 15.1 Å². The SMILES string of the molecule is CN1CCN(C(=O)c2ccc(NCCc3ccc(F)cc3)cn2)CC1. The molecule has 3 rings (SSSR count). The molecule has 2 aromatic rings. The molecule has 5 nitrogen and oxygen atoms in total. The van der Waals surface area contributed by atoms with E-state index >= 15 is 0 Å². The summed E-state index contributed by atoms with van der Waals surface area (Å²) in [5.41, 5.74) is 2.43. The minimum Gasteiger partial charge on any atom is -0.383 e. The Bertz CT molecular complexity index is 694. The maximum atomic E-state index is 12.9. The fourth-order valence-electron chi connectivity index (χ4n) is 2.80. The normalized spacial score (nSPS) is 15.2. The van der Waals surface area contributed by atoms with E-state index in [9.17, 15) is 9.18 Å². The third kappa shape index (κ3) is 4.76. The number of carbonyl (C=O) groups excluding carboxylic acids is 1. The van der Waals surface area contributed by atoms with E-state index < -0.39 is 0 Å². The van der Waals surface area contributed by atoms with Gasteiger partial charge in [0.2, 0.25) is 0 Å². The molecule has 1 N–H and O–H groups in total. The van der Waals surface area contributed by atoms with E-state index in [2.05, 4.69) is 22.2 Å². The molecule has 1 saturated heterocycles. The van der Waals surface area contributed by atoms with Gasteiger partial charge in [0.25, 0.3) is 5.91 Å². The Morgan fingerprint density at radius 1 is 1.12 bits per heavy atom. The van der Waals surface area contributed by atoms with Crippen molar-refractivity contribution >= 4 is 11.6 Å². The largest absolute Gasteiger partial charge is 0.383 e. The highest BCUT2D eigenvalue weighted by Crippen LogP contribution is 2.11. The number of rotatable bonds is 5. The molecule has 25 heavy (non-hydrogen) atoms. The third-order valence-corrected chi connectivity index (χ3v) is 4.43. The van der Waals surface area contributed by atoms with E-state index in [-0.39, 0.29) is 11.7 Å². The van der Waals surface area contributed by atoms with Crippen molar-refractivity contribution in [3.8, 4) is 0 Å². The number of aromatic nitrogens is 1. The second-order valence-corrected chi connectivity index (χ2v) is 6.33. The summed E-state index contributed by atoms with van der Waals surface area (Å²) in [5, 5.41) is 3.27. The Kier molecular flexibility index (Phi) is 5.60. The van der Waals surface area contributed by atoms with Crippen LogP contribution in [0.25, 0.3) is 0 Å². The van der Waals surface area contributed by atoms with Gasteiger partial charge >= 0.3 is 0 Å². The van der Waals surface area contributed by atoms with Gasteiger partial charge in [0, 0.05) is 32.7 Å². The van der Waals surface area contributed by atoms with Crippen LogP contribution in [0.4, 0.5) is 10.1 Å². The molecule has 132 valence electrons. The lowest BCUT2D eigenvalue weighted by atomic mass is 10.1. The Balaban J connectivity index is 1.50.